The zero-order chi connectivity index (χ0) is 14.5. The summed E-state index contributed by atoms with van der Waals surface area (Å²) in [6, 6.07) is 7.15. The lowest BCUT2D eigenvalue weighted by molar-refractivity contribution is 0.415. The van der Waals surface area contributed by atoms with E-state index in [4.69, 9.17) is 4.74 Å². The van der Waals surface area contributed by atoms with E-state index in [2.05, 4.69) is 11.6 Å². The molecule has 0 unspecified atom stereocenters. The number of hydrogen-bond donors (Lipinski definition) is 1. The zero-order valence-electron chi connectivity index (χ0n) is 10.9. The first-order valence-corrected chi connectivity index (χ1v) is 6.69. The van der Waals surface area contributed by atoms with Crippen molar-refractivity contribution in [1.82, 2.24) is 4.57 Å². The van der Waals surface area contributed by atoms with Gasteiger partial charge in [0.2, 0.25) is 5.88 Å². The molecule has 0 radical (unpaired) electrons. The average molecular weight is 290 g/mol. The first-order valence-electron chi connectivity index (χ1n) is 5.87. The van der Waals surface area contributed by atoms with Crippen molar-refractivity contribution in [2.24, 2.45) is 4.99 Å². The Kier molecular flexibility index (Phi) is 4.37. The van der Waals surface area contributed by atoms with E-state index in [0.29, 0.717) is 10.6 Å². The van der Waals surface area contributed by atoms with Gasteiger partial charge in [-0.05, 0) is 24.3 Å². The van der Waals surface area contributed by atoms with Gasteiger partial charge in [0, 0.05) is 6.54 Å². The third-order valence-electron chi connectivity index (χ3n) is 2.61. The van der Waals surface area contributed by atoms with Gasteiger partial charge in [-0.3, -0.25) is 14.4 Å². The summed E-state index contributed by atoms with van der Waals surface area (Å²) in [6.45, 7) is 3.82. The third-order valence-corrected chi connectivity index (χ3v) is 3.51. The SMILES string of the molecule is C=CCn1c(O)c(C=Nc2ccc(OC)cc2)sc1=O. The highest BCUT2D eigenvalue weighted by Gasteiger charge is 2.10. The Balaban J connectivity index is 2.24. The maximum atomic E-state index is 11.6. The molecule has 0 aliphatic carbocycles. The van der Waals surface area contributed by atoms with Gasteiger partial charge in [-0.1, -0.05) is 17.4 Å². The smallest absolute Gasteiger partial charge is 0.310 e. The van der Waals surface area contributed by atoms with Crippen molar-refractivity contribution in [3.8, 4) is 11.6 Å². The van der Waals surface area contributed by atoms with Crippen LogP contribution in [0.4, 0.5) is 5.69 Å². The highest BCUT2D eigenvalue weighted by atomic mass is 32.1. The van der Waals surface area contributed by atoms with Crippen LogP contribution in [-0.4, -0.2) is 23.0 Å². The quantitative estimate of drug-likeness (QED) is 0.680. The molecule has 0 saturated heterocycles. The normalized spacial score (nSPS) is 10.8. The summed E-state index contributed by atoms with van der Waals surface area (Å²) in [5.74, 6) is 0.658. The van der Waals surface area contributed by atoms with E-state index in [1.165, 1.54) is 10.8 Å². The topological polar surface area (TPSA) is 63.8 Å². The molecule has 1 aromatic carbocycles. The molecule has 0 aliphatic rings. The van der Waals surface area contributed by atoms with Gasteiger partial charge in [0.15, 0.2) is 0 Å². The number of aromatic nitrogens is 1. The summed E-state index contributed by atoms with van der Waals surface area (Å²) in [5, 5.41) is 9.92. The van der Waals surface area contributed by atoms with Crippen LogP contribution in [0.5, 0.6) is 11.6 Å². The molecule has 0 amide bonds. The maximum absolute atomic E-state index is 11.6. The van der Waals surface area contributed by atoms with Gasteiger partial charge < -0.3 is 9.84 Å². The standard InChI is InChI=1S/C14H14N2O3S/c1-3-8-16-13(17)12(20-14(16)18)9-15-10-4-6-11(19-2)7-5-10/h3-7,9,17H,1,8H2,2H3. The molecule has 1 N–H and O–H groups in total. The number of allylic oxidation sites excluding steroid dienone is 1. The zero-order valence-corrected chi connectivity index (χ0v) is 11.8. The summed E-state index contributed by atoms with van der Waals surface area (Å²) >= 11 is 0.943. The van der Waals surface area contributed by atoms with Crippen LogP contribution in [0.1, 0.15) is 4.88 Å². The number of methoxy groups -OCH3 is 1. The Hall–Kier alpha value is -2.34. The summed E-state index contributed by atoms with van der Waals surface area (Å²) in [5.41, 5.74) is 0.710. The van der Waals surface area contributed by atoms with Crippen LogP contribution in [0.2, 0.25) is 0 Å². The van der Waals surface area contributed by atoms with Crippen LogP contribution in [0, 0.1) is 0 Å². The Labute approximate surface area is 120 Å². The molecule has 6 heteroatoms. The highest BCUT2D eigenvalue weighted by molar-refractivity contribution is 7.11. The van der Waals surface area contributed by atoms with E-state index in [1.54, 1.807) is 37.5 Å². The molecular weight excluding hydrogens is 276 g/mol. The fraction of sp³-hybridized carbons (Fsp3) is 0.143. The summed E-state index contributed by atoms with van der Waals surface area (Å²) in [7, 11) is 1.59. The number of hydrogen-bond acceptors (Lipinski definition) is 5. The maximum Gasteiger partial charge on any atom is 0.310 e. The lowest BCUT2D eigenvalue weighted by Gasteiger charge is -1.99. The number of benzene rings is 1. The molecule has 0 spiro atoms. The van der Waals surface area contributed by atoms with E-state index in [1.807, 2.05) is 0 Å². The lowest BCUT2D eigenvalue weighted by atomic mass is 10.3. The van der Waals surface area contributed by atoms with Crippen molar-refractivity contribution < 1.29 is 9.84 Å². The number of ether oxygens (including phenoxy) is 1. The highest BCUT2D eigenvalue weighted by Crippen LogP contribution is 2.21. The average Bonchev–Trinajstić information content (AvgIpc) is 2.73. The molecule has 0 aliphatic heterocycles. The van der Waals surface area contributed by atoms with Gasteiger partial charge in [-0.15, -0.1) is 6.58 Å². The minimum absolute atomic E-state index is 0.0860. The van der Waals surface area contributed by atoms with Gasteiger partial charge >= 0.3 is 4.87 Å². The molecule has 1 heterocycles. The van der Waals surface area contributed by atoms with Gasteiger partial charge in [-0.25, -0.2) is 0 Å². The van der Waals surface area contributed by atoms with Crippen LogP contribution in [0.15, 0.2) is 46.7 Å². The van der Waals surface area contributed by atoms with Crippen LogP contribution >= 0.6 is 11.3 Å². The molecule has 0 bridgehead atoms. The Morgan fingerprint density at radius 1 is 1.45 bits per heavy atom. The van der Waals surface area contributed by atoms with Crippen molar-refractivity contribution in [2.75, 3.05) is 7.11 Å². The fourth-order valence-electron chi connectivity index (χ4n) is 1.59. The Bertz CT molecular complexity index is 683. The minimum atomic E-state index is -0.237. The van der Waals surface area contributed by atoms with E-state index < -0.39 is 0 Å². The molecule has 0 fully saturated rings. The van der Waals surface area contributed by atoms with Crippen molar-refractivity contribution in [3.63, 3.8) is 0 Å². The molecule has 2 rings (SSSR count). The summed E-state index contributed by atoms with van der Waals surface area (Å²) in [4.78, 5) is 16.0. The predicted octanol–water partition coefficient (Wildman–Crippen LogP) is 2.56. The number of thiazole rings is 1. The molecule has 5 nitrogen and oxygen atoms in total. The number of nitrogens with zero attached hydrogens (tertiary/aromatic N) is 2. The molecule has 20 heavy (non-hydrogen) atoms. The van der Waals surface area contributed by atoms with Gasteiger partial charge in [-0.2, -0.15) is 0 Å². The predicted molar refractivity (Wildman–Crippen MR) is 80.7 cm³/mol. The first-order chi connectivity index (χ1) is 9.65. The molecule has 0 saturated carbocycles. The Morgan fingerprint density at radius 3 is 2.75 bits per heavy atom. The second-order valence-electron chi connectivity index (χ2n) is 3.91. The monoisotopic (exact) mass is 290 g/mol. The largest absolute Gasteiger partial charge is 0.497 e. The summed E-state index contributed by atoms with van der Waals surface area (Å²) in [6.07, 6.45) is 3.03. The Morgan fingerprint density at radius 2 is 2.15 bits per heavy atom. The van der Waals surface area contributed by atoms with E-state index in [9.17, 15) is 9.90 Å². The number of rotatable bonds is 5. The van der Waals surface area contributed by atoms with Crippen LogP contribution < -0.4 is 9.61 Å². The third kappa shape index (κ3) is 2.97. The summed E-state index contributed by atoms with van der Waals surface area (Å²) < 4.78 is 6.30. The molecule has 0 atom stereocenters. The lowest BCUT2D eigenvalue weighted by Crippen LogP contribution is -2.10. The van der Waals surface area contributed by atoms with E-state index in [-0.39, 0.29) is 17.3 Å². The fourth-order valence-corrected chi connectivity index (χ4v) is 2.36. The van der Waals surface area contributed by atoms with E-state index >= 15 is 0 Å². The number of aliphatic imine (C=N–C) groups is 1. The van der Waals surface area contributed by atoms with Gasteiger partial charge in [0.05, 0.1) is 19.0 Å². The minimum Gasteiger partial charge on any atom is -0.497 e. The van der Waals surface area contributed by atoms with Crippen molar-refractivity contribution >= 4 is 23.2 Å². The van der Waals surface area contributed by atoms with Crippen LogP contribution in [-0.2, 0) is 6.54 Å². The molecule has 1 aromatic heterocycles. The number of aromatic hydroxyl groups is 1. The molecule has 2 aromatic rings. The van der Waals surface area contributed by atoms with Crippen molar-refractivity contribution in [3.05, 3.63) is 51.5 Å². The van der Waals surface area contributed by atoms with Crippen molar-refractivity contribution in [1.29, 1.82) is 0 Å². The first kappa shape index (κ1) is 14.1. The molecule has 104 valence electrons. The van der Waals surface area contributed by atoms with E-state index in [0.717, 1.165) is 17.1 Å². The van der Waals surface area contributed by atoms with Crippen LogP contribution in [0.25, 0.3) is 0 Å². The van der Waals surface area contributed by atoms with Crippen LogP contribution in [0.3, 0.4) is 0 Å². The molecular formula is C14H14N2O3S. The van der Waals surface area contributed by atoms with Gasteiger partial charge in [0.1, 0.15) is 10.6 Å². The van der Waals surface area contributed by atoms with Crippen molar-refractivity contribution in [2.45, 2.75) is 6.54 Å². The second kappa shape index (κ2) is 6.21. The second-order valence-corrected chi connectivity index (χ2v) is 4.90. The van der Waals surface area contributed by atoms with Gasteiger partial charge in [0.25, 0.3) is 0 Å².